The molecule has 0 spiro atoms. The molecule has 0 atom stereocenters. The van der Waals surface area contributed by atoms with Gasteiger partial charge in [0.05, 0.1) is 27.8 Å². The number of nitrogens with zero attached hydrogens (tertiary/aromatic N) is 1. The van der Waals surface area contributed by atoms with Crippen LogP contribution in [0, 0.1) is 3.57 Å². The van der Waals surface area contributed by atoms with Gasteiger partial charge in [-0.05, 0) is 64.1 Å². The second-order valence-corrected chi connectivity index (χ2v) is 8.50. The molecule has 0 radical (unpaired) electrons. The SMILES string of the molecule is COC(=O)CN1C(=O)N/C(=C/c2cc(I)c(OCc3ccc(Cl)c(Cl)c3)c(OC)c2)C1=O. The molecular weight excluding hydrogens is 574 g/mol. The summed E-state index contributed by atoms with van der Waals surface area (Å²) in [7, 11) is 2.67. The number of urea groups is 1. The summed E-state index contributed by atoms with van der Waals surface area (Å²) in [6, 6.07) is 7.95. The minimum absolute atomic E-state index is 0.0289. The second kappa shape index (κ2) is 10.4. The maximum Gasteiger partial charge on any atom is 0.329 e. The van der Waals surface area contributed by atoms with E-state index in [-0.39, 0.29) is 12.3 Å². The standard InChI is InChI=1S/C21H17Cl2IN2O6/c1-30-17-8-12(7-16-20(28)26(21(29)25-16)9-18(27)31-2)6-15(24)19(17)32-10-11-3-4-13(22)14(23)5-11/h3-8H,9-10H2,1-2H3,(H,25,29)/b16-7+. The van der Waals surface area contributed by atoms with E-state index >= 15 is 0 Å². The first kappa shape index (κ1) is 24.1. The average molecular weight is 591 g/mol. The number of benzene rings is 2. The van der Waals surface area contributed by atoms with Crippen LogP contribution in [0.4, 0.5) is 4.79 Å². The highest BCUT2D eigenvalue weighted by molar-refractivity contribution is 14.1. The lowest BCUT2D eigenvalue weighted by atomic mass is 10.1. The Bertz CT molecular complexity index is 1120. The molecule has 168 valence electrons. The molecule has 0 saturated carbocycles. The Morgan fingerprint density at radius 1 is 1.16 bits per heavy atom. The zero-order chi connectivity index (χ0) is 23.4. The number of halogens is 3. The first-order valence-corrected chi connectivity index (χ1v) is 10.9. The van der Waals surface area contributed by atoms with Crippen molar-refractivity contribution >= 4 is 69.8 Å². The van der Waals surface area contributed by atoms with Crippen LogP contribution < -0.4 is 14.8 Å². The molecule has 8 nitrogen and oxygen atoms in total. The average Bonchev–Trinajstić information content (AvgIpc) is 3.02. The molecule has 0 bridgehead atoms. The molecular formula is C21H17Cl2IN2O6. The number of amides is 3. The van der Waals surface area contributed by atoms with Crippen LogP contribution in [0.5, 0.6) is 11.5 Å². The molecule has 1 saturated heterocycles. The van der Waals surface area contributed by atoms with Gasteiger partial charge < -0.3 is 19.5 Å². The van der Waals surface area contributed by atoms with Gasteiger partial charge in [0.1, 0.15) is 18.8 Å². The van der Waals surface area contributed by atoms with Crippen LogP contribution in [0.2, 0.25) is 10.0 Å². The van der Waals surface area contributed by atoms with Crippen molar-refractivity contribution in [3.8, 4) is 11.5 Å². The molecule has 1 aliphatic rings. The van der Waals surface area contributed by atoms with Crippen LogP contribution in [0.15, 0.2) is 36.0 Å². The van der Waals surface area contributed by atoms with Crippen LogP contribution >= 0.6 is 45.8 Å². The lowest BCUT2D eigenvalue weighted by Crippen LogP contribution is -2.36. The Morgan fingerprint density at radius 3 is 2.56 bits per heavy atom. The zero-order valence-electron chi connectivity index (χ0n) is 16.9. The quantitative estimate of drug-likeness (QED) is 0.224. The van der Waals surface area contributed by atoms with Gasteiger partial charge in [-0.25, -0.2) is 9.69 Å². The van der Waals surface area contributed by atoms with E-state index in [0.717, 1.165) is 14.0 Å². The number of methoxy groups -OCH3 is 2. The lowest BCUT2D eigenvalue weighted by Gasteiger charge is -2.14. The van der Waals surface area contributed by atoms with E-state index in [1.807, 2.05) is 0 Å². The summed E-state index contributed by atoms with van der Waals surface area (Å²) in [6.07, 6.45) is 1.49. The number of ether oxygens (including phenoxy) is 3. The van der Waals surface area contributed by atoms with Gasteiger partial charge in [-0.15, -0.1) is 0 Å². The van der Waals surface area contributed by atoms with Gasteiger partial charge >= 0.3 is 12.0 Å². The van der Waals surface area contributed by atoms with E-state index in [4.69, 9.17) is 32.7 Å². The predicted octanol–water partition coefficient (Wildman–Crippen LogP) is 4.25. The number of rotatable bonds is 7. The lowest BCUT2D eigenvalue weighted by molar-refractivity contribution is -0.143. The summed E-state index contributed by atoms with van der Waals surface area (Å²) in [6.45, 7) is -0.235. The summed E-state index contributed by atoms with van der Waals surface area (Å²) in [4.78, 5) is 36.7. The molecule has 2 aromatic carbocycles. The summed E-state index contributed by atoms with van der Waals surface area (Å²) in [5, 5.41) is 3.34. The van der Waals surface area contributed by atoms with Crippen LogP contribution in [0.3, 0.4) is 0 Å². The Labute approximate surface area is 207 Å². The fourth-order valence-corrected chi connectivity index (χ4v) is 3.93. The highest BCUT2D eigenvalue weighted by atomic mass is 127. The molecule has 32 heavy (non-hydrogen) atoms. The third-order valence-corrected chi connectivity index (χ3v) is 5.95. The van der Waals surface area contributed by atoms with Crippen molar-refractivity contribution < 1.29 is 28.6 Å². The van der Waals surface area contributed by atoms with Gasteiger partial charge in [-0.2, -0.15) is 0 Å². The van der Waals surface area contributed by atoms with Crippen molar-refractivity contribution in [2.24, 2.45) is 0 Å². The van der Waals surface area contributed by atoms with Crippen LogP contribution in [-0.2, 0) is 20.9 Å². The van der Waals surface area contributed by atoms with E-state index in [9.17, 15) is 14.4 Å². The van der Waals surface area contributed by atoms with E-state index in [2.05, 4.69) is 32.6 Å². The summed E-state index contributed by atoms with van der Waals surface area (Å²) in [5.74, 6) is -0.383. The Hall–Kier alpha value is -2.50. The number of hydrogen-bond donors (Lipinski definition) is 1. The predicted molar refractivity (Wildman–Crippen MR) is 127 cm³/mol. The number of hydrogen-bond acceptors (Lipinski definition) is 6. The van der Waals surface area contributed by atoms with Crippen molar-refractivity contribution in [2.75, 3.05) is 20.8 Å². The number of carbonyl (C=O) groups excluding carboxylic acids is 3. The fourth-order valence-electron chi connectivity index (χ4n) is 2.82. The molecule has 3 rings (SSSR count). The summed E-state index contributed by atoms with van der Waals surface area (Å²) >= 11 is 14.1. The molecule has 1 aliphatic heterocycles. The van der Waals surface area contributed by atoms with Crippen LogP contribution in [0.25, 0.3) is 6.08 Å². The van der Waals surface area contributed by atoms with E-state index in [0.29, 0.717) is 27.1 Å². The summed E-state index contributed by atoms with van der Waals surface area (Å²) in [5.41, 5.74) is 1.45. The van der Waals surface area contributed by atoms with Gasteiger partial charge in [-0.3, -0.25) is 9.59 Å². The first-order chi connectivity index (χ1) is 15.2. The molecule has 1 fully saturated rings. The van der Waals surface area contributed by atoms with Crippen LogP contribution in [0.1, 0.15) is 11.1 Å². The molecule has 1 heterocycles. The molecule has 0 aromatic heterocycles. The number of nitrogens with one attached hydrogen (secondary N) is 1. The number of esters is 1. The maximum absolute atomic E-state index is 12.5. The monoisotopic (exact) mass is 590 g/mol. The normalized spacial score (nSPS) is 14.5. The molecule has 2 aromatic rings. The molecule has 0 unspecified atom stereocenters. The number of carbonyl (C=O) groups is 3. The third-order valence-electron chi connectivity index (χ3n) is 4.41. The third kappa shape index (κ3) is 5.45. The van der Waals surface area contributed by atoms with Gasteiger partial charge in [0, 0.05) is 0 Å². The smallest absolute Gasteiger partial charge is 0.329 e. The molecule has 11 heteroatoms. The largest absolute Gasteiger partial charge is 0.493 e. The van der Waals surface area contributed by atoms with Crippen LogP contribution in [-0.4, -0.2) is 43.6 Å². The fraction of sp³-hybridized carbons (Fsp3) is 0.190. The van der Waals surface area contributed by atoms with Crippen molar-refractivity contribution in [1.82, 2.24) is 10.2 Å². The topological polar surface area (TPSA) is 94.2 Å². The highest BCUT2D eigenvalue weighted by Crippen LogP contribution is 2.35. The van der Waals surface area contributed by atoms with E-state index in [1.165, 1.54) is 20.3 Å². The Balaban J connectivity index is 1.81. The van der Waals surface area contributed by atoms with E-state index < -0.39 is 24.5 Å². The summed E-state index contributed by atoms with van der Waals surface area (Å²) < 4.78 is 16.6. The maximum atomic E-state index is 12.5. The minimum Gasteiger partial charge on any atom is -0.493 e. The first-order valence-electron chi connectivity index (χ1n) is 9.09. The van der Waals surface area contributed by atoms with Crippen molar-refractivity contribution in [3.05, 3.63) is 60.8 Å². The highest BCUT2D eigenvalue weighted by Gasteiger charge is 2.35. The van der Waals surface area contributed by atoms with Crippen molar-refractivity contribution in [1.29, 1.82) is 0 Å². The number of imide groups is 1. The Morgan fingerprint density at radius 2 is 1.91 bits per heavy atom. The second-order valence-electron chi connectivity index (χ2n) is 6.53. The zero-order valence-corrected chi connectivity index (χ0v) is 20.6. The Kier molecular flexibility index (Phi) is 7.86. The molecule has 0 aliphatic carbocycles. The van der Waals surface area contributed by atoms with Gasteiger partial charge in [0.2, 0.25) is 0 Å². The minimum atomic E-state index is -0.700. The van der Waals surface area contributed by atoms with E-state index in [1.54, 1.807) is 30.3 Å². The van der Waals surface area contributed by atoms with Crippen molar-refractivity contribution in [2.45, 2.75) is 6.61 Å². The van der Waals surface area contributed by atoms with Crippen molar-refractivity contribution in [3.63, 3.8) is 0 Å². The van der Waals surface area contributed by atoms with Gasteiger partial charge in [-0.1, -0.05) is 29.3 Å². The van der Waals surface area contributed by atoms with Gasteiger partial charge in [0.15, 0.2) is 11.5 Å². The molecule has 3 amide bonds. The van der Waals surface area contributed by atoms with Gasteiger partial charge in [0.25, 0.3) is 5.91 Å². The molecule has 1 N–H and O–H groups in total.